The lowest BCUT2D eigenvalue weighted by atomic mass is 10.0. The molecule has 0 unspecified atom stereocenters. The highest BCUT2D eigenvalue weighted by atomic mass is 31.2. The number of aromatic nitrogens is 1. The minimum Gasteiger partial charge on any atom is -0.304 e. The van der Waals surface area contributed by atoms with Crippen LogP contribution in [0.2, 0.25) is 0 Å². The molecule has 0 N–H and O–H groups in total. The van der Waals surface area contributed by atoms with Gasteiger partial charge in [-0.15, -0.1) is 0 Å². The van der Waals surface area contributed by atoms with Gasteiger partial charge in [-0.1, -0.05) is 24.3 Å². The van der Waals surface area contributed by atoms with E-state index in [0.29, 0.717) is 16.3 Å². The van der Waals surface area contributed by atoms with E-state index in [0.717, 1.165) is 0 Å². The summed E-state index contributed by atoms with van der Waals surface area (Å²) in [6.07, 6.45) is 0. The second-order valence-electron chi connectivity index (χ2n) is 5.72. The van der Waals surface area contributed by atoms with Crippen molar-refractivity contribution in [2.75, 3.05) is 13.2 Å². The number of nitriles is 1. The predicted molar refractivity (Wildman–Crippen MR) is 98.7 cm³/mol. The number of rotatable bonds is 6. The van der Waals surface area contributed by atoms with Crippen molar-refractivity contribution >= 4 is 29.3 Å². The summed E-state index contributed by atoms with van der Waals surface area (Å²) >= 11 is 0. The molecule has 0 atom stereocenters. The van der Waals surface area contributed by atoms with Gasteiger partial charge in [-0.25, -0.2) is 4.98 Å². The zero-order valence-electron chi connectivity index (χ0n) is 14.8. The van der Waals surface area contributed by atoms with Gasteiger partial charge in [0.25, 0.3) is 0 Å². The van der Waals surface area contributed by atoms with Gasteiger partial charge in [0.1, 0.15) is 5.69 Å². The minimum atomic E-state index is -4.83. The third kappa shape index (κ3) is 3.21. The number of halogens is 2. The third-order valence-electron chi connectivity index (χ3n) is 4.06. The molecule has 3 aromatic rings. The summed E-state index contributed by atoms with van der Waals surface area (Å²) in [5, 5.41) is 10.3. The monoisotopic (exact) mass is 390 g/mol. The summed E-state index contributed by atoms with van der Waals surface area (Å²) in [4.78, 5) is 4.09. The summed E-state index contributed by atoms with van der Waals surface area (Å²) in [7, 11) is -4.83. The molecular formula is C19H17F2N2O3P. The van der Waals surface area contributed by atoms with Gasteiger partial charge < -0.3 is 9.05 Å². The second kappa shape index (κ2) is 7.32. The summed E-state index contributed by atoms with van der Waals surface area (Å²) in [6, 6.07) is 13.2. The molecule has 0 saturated heterocycles. The Hall–Kier alpha value is -2.39. The molecular weight excluding hydrogens is 373 g/mol. The van der Waals surface area contributed by atoms with Crippen molar-refractivity contribution in [3.63, 3.8) is 0 Å². The number of hydrogen-bond donors (Lipinski definition) is 0. The quantitative estimate of drug-likeness (QED) is 0.406. The summed E-state index contributed by atoms with van der Waals surface area (Å²) in [5.74, 6) is 0. The van der Waals surface area contributed by atoms with E-state index in [4.69, 9.17) is 9.05 Å². The molecule has 2 aromatic carbocycles. The maximum Gasteiger partial charge on any atom is 0.406 e. The van der Waals surface area contributed by atoms with Crippen LogP contribution < -0.4 is 0 Å². The smallest absolute Gasteiger partial charge is 0.304 e. The zero-order chi connectivity index (χ0) is 19.7. The molecule has 0 spiro atoms. The van der Waals surface area contributed by atoms with Crippen LogP contribution in [0.3, 0.4) is 0 Å². The summed E-state index contributed by atoms with van der Waals surface area (Å²) in [6.45, 7) is 2.51. The molecule has 140 valence electrons. The van der Waals surface area contributed by atoms with Gasteiger partial charge in [-0.2, -0.15) is 14.0 Å². The average molecular weight is 390 g/mol. The van der Waals surface area contributed by atoms with Crippen molar-refractivity contribution < 1.29 is 22.4 Å². The van der Waals surface area contributed by atoms with Gasteiger partial charge in [0, 0.05) is 10.8 Å². The van der Waals surface area contributed by atoms with Crippen LogP contribution >= 0.6 is 7.60 Å². The molecule has 27 heavy (non-hydrogen) atoms. The molecule has 0 saturated carbocycles. The van der Waals surface area contributed by atoms with Gasteiger partial charge in [0.05, 0.1) is 30.4 Å². The van der Waals surface area contributed by atoms with Crippen LogP contribution in [0.15, 0.2) is 42.5 Å². The topological polar surface area (TPSA) is 72.2 Å². The van der Waals surface area contributed by atoms with Gasteiger partial charge in [0.2, 0.25) is 0 Å². The Morgan fingerprint density at radius 3 is 2.37 bits per heavy atom. The first-order chi connectivity index (χ1) is 12.9. The van der Waals surface area contributed by atoms with Gasteiger partial charge in [0.15, 0.2) is 0 Å². The maximum atomic E-state index is 15.4. The Bertz CT molecular complexity index is 1090. The minimum absolute atomic E-state index is 0.0392. The summed E-state index contributed by atoms with van der Waals surface area (Å²) in [5.41, 5.74) is -4.20. The highest BCUT2D eigenvalue weighted by molar-refractivity contribution is 7.54. The van der Waals surface area contributed by atoms with Crippen molar-refractivity contribution in [1.82, 2.24) is 4.98 Å². The highest BCUT2D eigenvalue weighted by Gasteiger charge is 2.57. The van der Waals surface area contributed by atoms with E-state index in [-0.39, 0.29) is 24.2 Å². The molecule has 1 aromatic heterocycles. The molecule has 0 amide bonds. The summed E-state index contributed by atoms with van der Waals surface area (Å²) < 4.78 is 53.5. The molecule has 0 bridgehead atoms. The molecule has 0 radical (unpaired) electrons. The number of pyridine rings is 1. The van der Waals surface area contributed by atoms with Crippen molar-refractivity contribution in [2.24, 2.45) is 0 Å². The normalized spacial score (nSPS) is 12.4. The first-order valence-electron chi connectivity index (χ1n) is 8.38. The van der Waals surface area contributed by atoms with E-state index < -0.39 is 19.0 Å². The van der Waals surface area contributed by atoms with Crippen LogP contribution in [-0.2, 0) is 19.3 Å². The Morgan fingerprint density at radius 1 is 1.07 bits per heavy atom. The average Bonchev–Trinajstić information content (AvgIpc) is 2.67. The first-order valence-corrected chi connectivity index (χ1v) is 9.92. The van der Waals surface area contributed by atoms with E-state index in [1.165, 1.54) is 19.9 Å². The van der Waals surface area contributed by atoms with Crippen LogP contribution in [-0.4, -0.2) is 18.2 Å². The molecule has 3 rings (SSSR count). The Morgan fingerprint density at radius 2 is 1.74 bits per heavy atom. The molecule has 8 heteroatoms. The fourth-order valence-electron chi connectivity index (χ4n) is 2.92. The van der Waals surface area contributed by atoms with Crippen molar-refractivity contribution in [3.05, 3.63) is 53.7 Å². The lowest BCUT2D eigenvalue weighted by Gasteiger charge is -2.26. The van der Waals surface area contributed by atoms with Crippen molar-refractivity contribution in [3.8, 4) is 6.07 Å². The molecule has 0 fully saturated rings. The number of fused-ring (bicyclic) bond motifs is 3. The number of hydrogen-bond acceptors (Lipinski definition) is 5. The molecule has 0 aliphatic rings. The number of nitrogens with zero attached hydrogens (tertiary/aromatic N) is 2. The van der Waals surface area contributed by atoms with Crippen LogP contribution in [0, 0.1) is 11.3 Å². The zero-order valence-corrected chi connectivity index (χ0v) is 15.7. The lowest BCUT2D eigenvalue weighted by molar-refractivity contribution is 0.0340. The van der Waals surface area contributed by atoms with Gasteiger partial charge in [-0.05, 0) is 37.4 Å². The van der Waals surface area contributed by atoms with Gasteiger partial charge in [-0.3, -0.25) is 4.57 Å². The van der Waals surface area contributed by atoms with E-state index >= 15 is 8.78 Å². The first kappa shape index (κ1) is 19.4. The van der Waals surface area contributed by atoms with Crippen molar-refractivity contribution in [1.29, 1.82) is 5.26 Å². The third-order valence-corrected chi connectivity index (χ3v) is 6.15. The lowest BCUT2D eigenvalue weighted by Crippen LogP contribution is -2.20. The van der Waals surface area contributed by atoms with Crippen LogP contribution in [0.4, 0.5) is 8.78 Å². The molecule has 0 aliphatic carbocycles. The Balaban J connectivity index is 2.40. The fraction of sp³-hybridized carbons (Fsp3) is 0.263. The number of alkyl halides is 2. The van der Waals surface area contributed by atoms with E-state index in [1.807, 2.05) is 6.07 Å². The largest absolute Gasteiger partial charge is 0.406 e. The van der Waals surface area contributed by atoms with Crippen LogP contribution in [0.5, 0.6) is 0 Å². The molecule has 0 aliphatic heterocycles. The Kier molecular flexibility index (Phi) is 5.25. The second-order valence-corrected chi connectivity index (χ2v) is 7.80. The maximum absolute atomic E-state index is 15.4. The molecule has 1 heterocycles. The van der Waals surface area contributed by atoms with Crippen LogP contribution in [0.25, 0.3) is 21.7 Å². The van der Waals surface area contributed by atoms with E-state index in [9.17, 15) is 9.83 Å². The van der Waals surface area contributed by atoms with Crippen molar-refractivity contribution in [2.45, 2.75) is 19.5 Å². The highest BCUT2D eigenvalue weighted by Crippen LogP contribution is 2.67. The van der Waals surface area contributed by atoms with E-state index in [1.54, 1.807) is 36.4 Å². The number of benzene rings is 2. The SMILES string of the molecule is CCOP(=O)(OCC)C(F)(F)c1nc2ccccc2c2ccc(C#N)cc12. The van der Waals surface area contributed by atoms with Gasteiger partial charge >= 0.3 is 13.3 Å². The van der Waals surface area contributed by atoms with E-state index in [2.05, 4.69) is 4.98 Å². The van der Waals surface area contributed by atoms with Crippen LogP contribution in [0.1, 0.15) is 25.1 Å². The fourth-order valence-corrected chi connectivity index (χ4v) is 4.43. The Labute approximate surface area is 155 Å². The predicted octanol–water partition coefficient (Wildman–Crippen LogP) is 5.58. The molecule has 5 nitrogen and oxygen atoms in total. The standard InChI is InChI=1S/C19H17F2N2O3P/c1-3-25-27(24,26-4-2)19(20,21)18-16-11-13(12-22)9-10-14(16)15-7-5-6-8-17(15)23-18/h5-11H,3-4H2,1-2H3. The number of para-hydroxylation sites is 1.